The van der Waals surface area contributed by atoms with Crippen LogP contribution in [0, 0.1) is 19.8 Å². The first kappa shape index (κ1) is 22.0. The van der Waals surface area contributed by atoms with Gasteiger partial charge in [0, 0.05) is 17.2 Å². The Kier molecular flexibility index (Phi) is 6.65. The maximum atomic E-state index is 12.9. The van der Waals surface area contributed by atoms with Crippen LogP contribution in [0.25, 0.3) is 11.3 Å². The van der Waals surface area contributed by atoms with Crippen LogP contribution in [0.3, 0.4) is 0 Å². The molecule has 1 heterocycles. The summed E-state index contributed by atoms with van der Waals surface area (Å²) >= 11 is 0. The van der Waals surface area contributed by atoms with Gasteiger partial charge < -0.3 is 10.6 Å². The second-order valence-corrected chi connectivity index (χ2v) is 7.71. The fraction of sp³-hybridized carbons (Fsp3) is 0.250. The third kappa shape index (κ3) is 5.25. The van der Waals surface area contributed by atoms with Crippen LogP contribution in [0.5, 0.6) is 0 Å². The molecule has 160 valence electrons. The number of hydrogen-bond donors (Lipinski definition) is 2. The highest BCUT2D eigenvalue weighted by molar-refractivity contribution is 5.93. The molecular weight excluding hydrogens is 392 g/mol. The lowest BCUT2D eigenvalue weighted by Gasteiger charge is -2.14. The summed E-state index contributed by atoms with van der Waals surface area (Å²) in [5.41, 5.74) is 3.50. The molecule has 7 nitrogen and oxygen atoms in total. The zero-order valence-electron chi connectivity index (χ0n) is 18.1. The first-order chi connectivity index (χ1) is 14.8. The van der Waals surface area contributed by atoms with Crippen LogP contribution in [-0.2, 0) is 16.1 Å². The second kappa shape index (κ2) is 9.38. The van der Waals surface area contributed by atoms with Crippen LogP contribution in [0.1, 0.15) is 25.0 Å². The van der Waals surface area contributed by atoms with E-state index in [0.29, 0.717) is 11.4 Å². The summed E-state index contributed by atoms with van der Waals surface area (Å²) in [6, 6.07) is 16.4. The molecule has 0 saturated heterocycles. The first-order valence-electron chi connectivity index (χ1n) is 10.1. The number of carbonyl (C=O) groups excluding carboxylic acids is 2. The highest BCUT2D eigenvalue weighted by atomic mass is 16.2. The zero-order chi connectivity index (χ0) is 22.5. The van der Waals surface area contributed by atoms with Crippen LogP contribution in [0.2, 0.25) is 0 Å². The van der Waals surface area contributed by atoms with Crippen molar-refractivity contribution < 1.29 is 9.59 Å². The van der Waals surface area contributed by atoms with E-state index in [1.54, 1.807) is 13.8 Å². The zero-order valence-corrected chi connectivity index (χ0v) is 18.1. The maximum Gasteiger partial charge on any atom is 0.291 e. The minimum absolute atomic E-state index is 0.0899. The number of carbonyl (C=O) groups is 2. The van der Waals surface area contributed by atoms with Gasteiger partial charge in [0.05, 0.1) is 5.69 Å². The van der Waals surface area contributed by atoms with Crippen LogP contribution in [0.15, 0.2) is 59.4 Å². The fourth-order valence-corrected chi connectivity index (χ4v) is 2.98. The van der Waals surface area contributed by atoms with Crippen LogP contribution in [0.4, 0.5) is 11.4 Å². The maximum absolute atomic E-state index is 12.9. The van der Waals surface area contributed by atoms with Gasteiger partial charge in [-0.15, -0.1) is 0 Å². The van der Waals surface area contributed by atoms with Crippen molar-refractivity contribution in [1.82, 2.24) is 9.78 Å². The summed E-state index contributed by atoms with van der Waals surface area (Å²) < 4.78 is 1.08. The van der Waals surface area contributed by atoms with Gasteiger partial charge >= 0.3 is 0 Å². The molecule has 0 unspecified atom stereocenters. The van der Waals surface area contributed by atoms with Crippen LogP contribution < -0.4 is 16.2 Å². The van der Waals surface area contributed by atoms with Gasteiger partial charge in [0.25, 0.3) is 5.56 Å². The van der Waals surface area contributed by atoms with Crippen molar-refractivity contribution in [2.45, 2.75) is 34.2 Å². The average Bonchev–Trinajstić information content (AvgIpc) is 2.74. The van der Waals surface area contributed by atoms with Crippen LogP contribution in [-0.4, -0.2) is 21.6 Å². The van der Waals surface area contributed by atoms with Gasteiger partial charge in [0.2, 0.25) is 11.8 Å². The molecule has 0 atom stereocenters. The Labute approximate surface area is 181 Å². The van der Waals surface area contributed by atoms with Crippen molar-refractivity contribution in [3.05, 3.63) is 76.1 Å². The molecule has 3 aromatic rings. The minimum atomic E-state index is -0.537. The van der Waals surface area contributed by atoms with Gasteiger partial charge in [-0.2, -0.15) is 5.10 Å². The lowest BCUT2D eigenvalue weighted by Crippen LogP contribution is -2.33. The predicted molar refractivity (Wildman–Crippen MR) is 122 cm³/mol. The summed E-state index contributed by atoms with van der Waals surface area (Å²) in [5, 5.41) is 9.86. The minimum Gasteiger partial charge on any atom is -0.324 e. The largest absolute Gasteiger partial charge is 0.324 e. The molecule has 2 amide bonds. The number of aryl methyl sites for hydroxylation is 1. The topological polar surface area (TPSA) is 93.1 Å². The SMILES string of the molecule is Cc1cccc(NC(=O)Cn2nc(-c3ccccc3)cc(NC(=O)C(C)C)c2=O)c1C. The quantitative estimate of drug-likeness (QED) is 0.637. The number of hydrogen-bond acceptors (Lipinski definition) is 4. The molecule has 0 saturated carbocycles. The Morgan fingerprint density at radius 2 is 1.68 bits per heavy atom. The van der Waals surface area contributed by atoms with Gasteiger partial charge in [0.1, 0.15) is 12.2 Å². The number of amides is 2. The lowest BCUT2D eigenvalue weighted by atomic mass is 10.1. The van der Waals surface area contributed by atoms with E-state index in [1.165, 1.54) is 6.07 Å². The summed E-state index contributed by atoms with van der Waals surface area (Å²) in [7, 11) is 0. The number of benzene rings is 2. The van der Waals surface area contributed by atoms with Gasteiger partial charge in [-0.3, -0.25) is 14.4 Å². The monoisotopic (exact) mass is 418 g/mol. The van der Waals surface area contributed by atoms with Gasteiger partial charge in [-0.05, 0) is 37.1 Å². The molecule has 7 heteroatoms. The van der Waals surface area contributed by atoms with Crippen molar-refractivity contribution in [1.29, 1.82) is 0 Å². The molecule has 2 N–H and O–H groups in total. The van der Waals surface area contributed by atoms with E-state index in [-0.39, 0.29) is 30.0 Å². The molecule has 0 spiro atoms. The van der Waals surface area contributed by atoms with Crippen molar-refractivity contribution in [2.75, 3.05) is 10.6 Å². The molecule has 0 bridgehead atoms. The van der Waals surface area contributed by atoms with Crippen molar-refractivity contribution >= 4 is 23.2 Å². The van der Waals surface area contributed by atoms with E-state index in [4.69, 9.17) is 0 Å². The third-order valence-electron chi connectivity index (χ3n) is 5.00. The van der Waals surface area contributed by atoms with Crippen molar-refractivity contribution in [2.24, 2.45) is 5.92 Å². The molecule has 2 aromatic carbocycles. The number of anilines is 2. The molecule has 31 heavy (non-hydrogen) atoms. The van der Waals surface area contributed by atoms with Gasteiger partial charge in [-0.1, -0.05) is 56.3 Å². The van der Waals surface area contributed by atoms with E-state index in [2.05, 4.69) is 15.7 Å². The molecule has 0 aliphatic carbocycles. The third-order valence-corrected chi connectivity index (χ3v) is 5.00. The summed E-state index contributed by atoms with van der Waals surface area (Å²) in [4.78, 5) is 37.8. The molecule has 3 rings (SSSR count). The standard InChI is InChI=1S/C24H26N4O3/c1-15(2)23(30)26-21-13-20(18-10-6-5-7-11-18)27-28(24(21)31)14-22(29)25-19-12-8-9-16(3)17(19)4/h5-13,15H,14H2,1-4H3,(H,25,29)(H,26,30). The molecule has 0 aliphatic rings. The van der Waals surface area contributed by atoms with Crippen LogP contribution >= 0.6 is 0 Å². The number of nitrogens with zero attached hydrogens (tertiary/aromatic N) is 2. The van der Waals surface area contributed by atoms with E-state index in [0.717, 1.165) is 21.4 Å². The second-order valence-electron chi connectivity index (χ2n) is 7.71. The predicted octanol–water partition coefficient (Wildman–Crippen LogP) is 3.76. The van der Waals surface area contributed by atoms with Gasteiger partial charge in [0.15, 0.2) is 0 Å². The Morgan fingerprint density at radius 1 is 0.968 bits per heavy atom. The van der Waals surface area contributed by atoms with E-state index >= 15 is 0 Å². The highest BCUT2D eigenvalue weighted by Gasteiger charge is 2.16. The summed E-state index contributed by atoms with van der Waals surface area (Å²) in [6.07, 6.45) is 0. The average molecular weight is 418 g/mol. The number of aromatic nitrogens is 2. The molecule has 0 radical (unpaired) electrons. The van der Waals surface area contributed by atoms with Crippen molar-refractivity contribution in [3.8, 4) is 11.3 Å². The fourth-order valence-electron chi connectivity index (χ4n) is 2.98. The van der Waals surface area contributed by atoms with E-state index in [9.17, 15) is 14.4 Å². The Morgan fingerprint density at radius 3 is 2.35 bits per heavy atom. The number of nitrogens with one attached hydrogen (secondary N) is 2. The van der Waals surface area contributed by atoms with Gasteiger partial charge in [-0.25, -0.2) is 4.68 Å². The Balaban J connectivity index is 1.96. The smallest absolute Gasteiger partial charge is 0.291 e. The van der Waals surface area contributed by atoms with Crippen molar-refractivity contribution in [3.63, 3.8) is 0 Å². The van der Waals surface area contributed by atoms with E-state index < -0.39 is 5.56 Å². The number of rotatable bonds is 6. The molecule has 1 aromatic heterocycles. The Bertz CT molecular complexity index is 1170. The first-order valence-corrected chi connectivity index (χ1v) is 10.1. The molecule has 0 aliphatic heterocycles. The highest BCUT2D eigenvalue weighted by Crippen LogP contribution is 2.19. The Hall–Kier alpha value is -3.74. The lowest BCUT2D eigenvalue weighted by molar-refractivity contribution is -0.119. The summed E-state index contributed by atoms with van der Waals surface area (Å²) in [5.74, 6) is -0.961. The summed E-state index contributed by atoms with van der Waals surface area (Å²) in [6.45, 7) is 7.09. The van der Waals surface area contributed by atoms with E-state index in [1.807, 2.05) is 62.4 Å². The molecule has 0 fully saturated rings. The normalized spacial score (nSPS) is 10.7. The molecular formula is C24H26N4O3.